The quantitative estimate of drug-likeness (QED) is 0.816. The molecule has 1 unspecified atom stereocenters. The van der Waals surface area contributed by atoms with Gasteiger partial charge >= 0.3 is 0 Å². The SMILES string of the molecule is O=C(NCC(c1ccccc1)N1CCCC1)c1ccc(N2CCCCC2=O)cc1. The molecule has 2 heterocycles. The third kappa shape index (κ3) is 4.67. The van der Waals surface area contributed by atoms with Gasteiger partial charge in [-0.25, -0.2) is 0 Å². The molecule has 152 valence electrons. The number of hydrogen-bond acceptors (Lipinski definition) is 3. The van der Waals surface area contributed by atoms with E-state index < -0.39 is 0 Å². The van der Waals surface area contributed by atoms with E-state index in [1.165, 1.54) is 18.4 Å². The lowest BCUT2D eigenvalue weighted by molar-refractivity contribution is -0.119. The molecule has 4 rings (SSSR count). The van der Waals surface area contributed by atoms with Crippen LogP contribution < -0.4 is 10.2 Å². The minimum atomic E-state index is -0.0679. The third-order valence-electron chi connectivity index (χ3n) is 5.99. The van der Waals surface area contributed by atoms with E-state index in [9.17, 15) is 9.59 Å². The first-order chi connectivity index (χ1) is 14.2. The van der Waals surface area contributed by atoms with Crippen molar-refractivity contribution >= 4 is 17.5 Å². The first-order valence-electron chi connectivity index (χ1n) is 10.7. The molecule has 0 saturated carbocycles. The molecule has 2 aromatic rings. The van der Waals surface area contributed by atoms with Gasteiger partial charge in [-0.3, -0.25) is 14.5 Å². The van der Waals surface area contributed by atoms with Crippen LogP contribution >= 0.6 is 0 Å². The first-order valence-corrected chi connectivity index (χ1v) is 10.7. The van der Waals surface area contributed by atoms with Gasteiger partial charge in [-0.15, -0.1) is 0 Å². The number of piperidine rings is 1. The Morgan fingerprint density at radius 2 is 1.59 bits per heavy atom. The number of benzene rings is 2. The van der Waals surface area contributed by atoms with E-state index in [0.29, 0.717) is 18.5 Å². The Morgan fingerprint density at radius 1 is 0.897 bits per heavy atom. The van der Waals surface area contributed by atoms with Crippen LogP contribution in [0.3, 0.4) is 0 Å². The highest BCUT2D eigenvalue weighted by Gasteiger charge is 2.24. The molecule has 2 saturated heterocycles. The van der Waals surface area contributed by atoms with Crippen LogP contribution in [-0.4, -0.2) is 42.9 Å². The van der Waals surface area contributed by atoms with Crippen LogP contribution in [0.4, 0.5) is 5.69 Å². The van der Waals surface area contributed by atoms with Gasteiger partial charge < -0.3 is 10.2 Å². The first kappa shape index (κ1) is 19.6. The van der Waals surface area contributed by atoms with Crippen molar-refractivity contribution in [3.05, 3.63) is 65.7 Å². The molecule has 1 atom stereocenters. The molecular formula is C24H29N3O2. The maximum Gasteiger partial charge on any atom is 0.251 e. The molecular weight excluding hydrogens is 362 g/mol. The van der Waals surface area contributed by atoms with Crippen LogP contribution in [0.15, 0.2) is 54.6 Å². The van der Waals surface area contributed by atoms with E-state index in [4.69, 9.17) is 0 Å². The van der Waals surface area contributed by atoms with Gasteiger partial charge in [-0.05, 0) is 68.6 Å². The lowest BCUT2D eigenvalue weighted by Gasteiger charge is -2.28. The Labute approximate surface area is 172 Å². The molecule has 2 fully saturated rings. The summed E-state index contributed by atoms with van der Waals surface area (Å²) in [5, 5.41) is 3.12. The van der Waals surface area contributed by atoms with Crippen molar-refractivity contribution in [3.8, 4) is 0 Å². The standard InChI is InChI=1S/C24H29N3O2/c28-23-10-4-5-17-27(23)21-13-11-20(12-14-21)24(29)25-18-22(26-15-6-7-16-26)19-8-2-1-3-9-19/h1-3,8-9,11-14,22H,4-7,10,15-18H2,(H,25,29). The number of amides is 2. The minimum Gasteiger partial charge on any atom is -0.350 e. The summed E-state index contributed by atoms with van der Waals surface area (Å²) in [5.41, 5.74) is 2.76. The van der Waals surface area contributed by atoms with Crippen molar-refractivity contribution in [2.45, 2.75) is 38.1 Å². The predicted octanol–water partition coefficient (Wildman–Crippen LogP) is 3.77. The zero-order valence-electron chi connectivity index (χ0n) is 16.8. The molecule has 1 N–H and O–H groups in total. The summed E-state index contributed by atoms with van der Waals surface area (Å²) in [5.74, 6) is 0.103. The average molecular weight is 392 g/mol. The molecule has 2 aromatic carbocycles. The molecule has 5 heteroatoms. The maximum atomic E-state index is 12.7. The topological polar surface area (TPSA) is 52.7 Å². The molecule has 2 amide bonds. The van der Waals surface area contributed by atoms with Gasteiger partial charge in [0.2, 0.25) is 5.91 Å². The number of carbonyl (C=O) groups is 2. The Kier molecular flexibility index (Phi) is 6.25. The van der Waals surface area contributed by atoms with Crippen LogP contribution in [0.5, 0.6) is 0 Å². The second-order valence-electron chi connectivity index (χ2n) is 7.93. The fourth-order valence-corrected chi connectivity index (χ4v) is 4.35. The summed E-state index contributed by atoms with van der Waals surface area (Å²) in [6.45, 7) is 3.51. The number of likely N-dealkylation sites (tertiary alicyclic amines) is 1. The van der Waals surface area contributed by atoms with Crippen LogP contribution in [-0.2, 0) is 4.79 Å². The van der Waals surface area contributed by atoms with Crippen molar-refractivity contribution in [2.75, 3.05) is 31.1 Å². The van der Waals surface area contributed by atoms with Gasteiger partial charge in [0.15, 0.2) is 0 Å². The zero-order chi connectivity index (χ0) is 20.1. The molecule has 0 spiro atoms. The molecule has 0 radical (unpaired) electrons. The van der Waals surface area contributed by atoms with E-state index in [2.05, 4.69) is 34.5 Å². The Hall–Kier alpha value is -2.66. The highest BCUT2D eigenvalue weighted by molar-refractivity contribution is 5.97. The van der Waals surface area contributed by atoms with Crippen LogP contribution in [0, 0.1) is 0 Å². The van der Waals surface area contributed by atoms with E-state index in [1.54, 1.807) is 0 Å². The number of carbonyl (C=O) groups excluding carboxylic acids is 2. The minimum absolute atomic E-state index is 0.0679. The summed E-state index contributed by atoms with van der Waals surface area (Å²) >= 11 is 0. The van der Waals surface area contributed by atoms with Crippen LogP contribution in [0.2, 0.25) is 0 Å². The van der Waals surface area contributed by atoms with Crippen molar-refractivity contribution in [3.63, 3.8) is 0 Å². The van der Waals surface area contributed by atoms with Crippen molar-refractivity contribution in [2.24, 2.45) is 0 Å². The maximum absolute atomic E-state index is 12.7. The van der Waals surface area contributed by atoms with Crippen LogP contribution in [0.1, 0.15) is 54.1 Å². The van der Waals surface area contributed by atoms with E-state index in [0.717, 1.165) is 38.2 Å². The van der Waals surface area contributed by atoms with Crippen molar-refractivity contribution in [1.82, 2.24) is 10.2 Å². The van der Waals surface area contributed by atoms with Gasteiger partial charge in [0.05, 0.1) is 6.04 Å². The number of nitrogens with one attached hydrogen (secondary N) is 1. The van der Waals surface area contributed by atoms with E-state index in [1.807, 2.05) is 35.2 Å². The average Bonchev–Trinajstić information content (AvgIpc) is 3.30. The lowest BCUT2D eigenvalue weighted by Crippen LogP contribution is -2.37. The monoisotopic (exact) mass is 391 g/mol. The molecule has 0 aliphatic carbocycles. The third-order valence-corrected chi connectivity index (χ3v) is 5.99. The summed E-state index contributed by atoms with van der Waals surface area (Å²) in [6.07, 6.45) is 5.04. The molecule has 29 heavy (non-hydrogen) atoms. The summed E-state index contributed by atoms with van der Waals surface area (Å²) in [7, 11) is 0. The molecule has 5 nitrogen and oxygen atoms in total. The molecule has 2 aliphatic heterocycles. The van der Waals surface area contributed by atoms with Crippen molar-refractivity contribution in [1.29, 1.82) is 0 Å². The second-order valence-corrected chi connectivity index (χ2v) is 7.93. The fraction of sp³-hybridized carbons (Fsp3) is 0.417. The summed E-state index contributed by atoms with van der Waals surface area (Å²) in [4.78, 5) is 29.1. The highest BCUT2D eigenvalue weighted by atomic mass is 16.2. The molecule has 0 bridgehead atoms. The van der Waals surface area contributed by atoms with Gasteiger partial charge in [-0.1, -0.05) is 30.3 Å². The highest BCUT2D eigenvalue weighted by Crippen LogP contribution is 2.25. The van der Waals surface area contributed by atoms with Gasteiger partial charge in [0, 0.05) is 30.8 Å². The number of rotatable bonds is 6. The zero-order valence-corrected chi connectivity index (χ0v) is 16.8. The van der Waals surface area contributed by atoms with Gasteiger partial charge in [0.1, 0.15) is 0 Å². The Morgan fingerprint density at radius 3 is 2.28 bits per heavy atom. The summed E-state index contributed by atoms with van der Waals surface area (Å²) < 4.78 is 0. The number of anilines is 1. The van der Waals surface area contributed by atoms with E-state index in [-0.39, 0.29) is 17.9 Å². The van der Waals surface area contributed by atoms with Gasteiger partial charge in [-0.2, -0.15) is 0 Å². The Bertz CT molecular complexity index is 829. The van der Waals surface area contributed by atoms with E-state index >= 15 is 0 Å². The second kappa shape index (κ2) is 9.23. The van der Waals surface area contributed by atoms with Gasteiger partial charge in [0.25, 0.3) is 5.91 Å². The smallest absolute Gasteiger partial charge is 0.251 e. The molecule has 0 aromatic heterocycles. The fourth-order valence-electron chi connectivity index (χ4n) is 4.35. The summed E-state index contributed by atoms with van der Waals surface area (Å²) in [6, 6.07) is 18.0. The number of nitrogens with zero attached hydrogens (tertiary/aromatic N) is 2. The lowest BCUT2D eigenvalue weighted by atomic mass is 10.1. The van der Waals surface area contributed by atoms with Crippen LogP contribution in [0.25, 0.3) is 0 Å². The molecule has 2 aliphatic rings. The largest absolute Gasteiger partial charge is 0.350 e. The Balaban J connectivity index is 1.40. The normalized spacial score (nSPS) is 18.6. The predicted molar refractivity (Wildman–Crippen MR) is 115 cm³/mol. The van der Waals surface area contributed by atoms with Crippen molar-refractivity contribution < 1.29 is 9.59 Å². The number of hydrogen-bond donors (Lipinski definition) is 1.